The number of carbonyl (C=O) groups excluding carboxylic acids is 2. The van der Waals surface area contributed by atoms with Crippen LogP contribution in [0, 0.1) is 0 Å². The van der Waals surface area contributed by atoms with Crippen LogP contribution in [0.1, 0.15) is 21.5 Å². The topological polar surface area (TPSA) is 122 Å². The second-order valence-electron chi connectivity index (χ2n) is 9.99. The number of urea groups is 1. The van der Waals surface area contributed by atoms with Crippen LogP contribution in [0.3, 0.4) is 0 Å². The molecule has 2 aliphatic rings. The molecule has 226 valence electrons. The fourth-order valence-electron chi connectivity index (χ4n) is 5.03. The zero-order valence-electron chi connectivity index (χ0n) is 23.2. The first-order valence-corrected chi connectivity index (χ1v) is 13.7. The van der Waals surface area contributed by atoms with E-state index in [0.717, 1.165) is 11.6 Å². The van der Waals surface area contributed by atoms with Crippen molar-refractivity contribution < 1.29 is 32.2 Å². The Morgan fingerprint density at radius 3 is 2.52 bits per heavy atom. The number of benzene rings is 2. The number of alkyl halides is 3. The molecule has 0 aliphatic carbocycles. The number of aromatic nitrogens is 3. The van der Waals surface area contributed by atoms with Gasteiger partial charge in [0.15, 0.2) is 0 Å². The third-order valence-electron chi connectivity index (χ3n) is 7.13. The summed E-state index contributed by atoms with van der Waals surface area (Å²) in [6.45, 7) is 1.74. The van der Waals surface area contributed by atoms with E-state index in [1.165, 1.54) is 35.6 Å². The van der Waals surface area contributed by atoms with E-state index in [-0.39, 0.29) is 29.0 Å². The molecule has 2 N–H and O–H groups in total. The van der Waals surface area contributed by atoms with E-state index in [1.807, 2.05) is 0 Å². The van der Waals surface area contributed by atoms with Crippen molar-refractivity contribution in [2.45, 2.75) is 12.6 Å². The van der Waals surface area contributed by atoms with Gasteiger partial charge in [0.1, 0.15) is 17.9 Å². The monoisotopic (exact) mass is 605 g/mol. The maximum absolute atomic E-state index is 13.9. The zero-order valence-corrected chi connectivity index (χ0v) is 23.2. The summed E-state index contributed by atoms with van der Waals surface area (Å²) < 4.78 is 53.0. The molecule has 14 heteroatoms. The van der Waals surface area contributed by atoms with Crippen LogP contribution in [0.4, 0.5) is 40.8 Å². The lowest BCUT2D eigenvalue weighted by atomic mass is 10.1. The largest absolute Gasteiger partial charge is 0.439 e. The number of nitrogens with one attached hydrogen (secondary N) is 2. The number of hydrogen-bond donors (Lipinski definition) is 2. The van der Waals surface area contributed by atoms with E-state index in [9.17, 15) is 22.8 Å². The number of hydrogen-bond acceptors (Lipinski definition) is 8. The van der Waals surface area contributed by atoms with Crippen LogP contribution in [-0.2, 0) is 17.3 Å². The van der Waals surface area contributed by atoms with Crippen LogP contribution in [0.15, 0.2) is 73.3 Å². The van der Waals surface area contributed by atoms with Crippen LogP contribution in [0.2, 0.25) is 0 Å². The van der Waals surface area contributed by atoms with Gasteiger partial charge in [-0.2, -0.15) is 13.2 Å². The normalized spacial score (nSPS) is 14.6. The third-order valence-corrected chi connectivity index (χ3v) is 7.13. The lowest BCUT2D eigenvalue weighted by molar-refractivity contribution is -0.137. The molecule has 2 aliphatic heterocycles. The smallest absolute Gasteiger partial charge is 0.418 e. The highest BCUT2D eigenvalue weighted by Crippen LogP contribution is 2.39. The van der Waals surface area contributed by atoms with Crippen LogP contribution >= 0.6 is 0 Å². The standard InChI is InChI=1S/C30H26F3N7O4/c31-30(32,33)23-15-21(3-5-25(23)39-10-12-43-13-11-39)37-29(42)40-9-7-19-14-22(4-6-24(19)40)44-27-16-26(35-18-36-27)38-28(41)20-2-1-8-34-17-20/h1-6,8,14-18H,7,9-13H2,(H,37,42)(H,35,36,38,41). The van der Waals surface area contributed by atoms with Crippen molar-refractivity contribution in [3.63, 3.8) is 0 Å². The summed E-state index contributed by atoms with van der Waals surface area (Å²) in [7, 11) is 0. The van der Waals surface area contributed by atoms with Crippen molar-refractivity contribution in [3.8, 4) is 11.6 Å². The SMILES string of the molecule is O=C(Nc1cc(Oc2ccc3c(c2)CCN3C(=O)Nc2ccc(N3CCOCC3)c(C(F)(F)F)c2)ncn1)c1cccnc1. The Kier molecular flexibility index (Phi) is 7.98. The molecular formula is C30H26F3N7O4. The van der Waals surface area contributed by atoms with Gasteiger partial charge in [-0.05, 0) is 60.5 Å². The first kappa shape index (κ1) is 28.9. The Hall–Kier alpha value is -5.24. The van der Waals surface area contributed by atoms with Crippen LogP contribution in [0.5, 0.6) is 11.6 Å². The third kappa shape index (κ3) is 6.39. The minimum Gasteiger partial charge on any atom is -0.439 e. The molecule has 0 spiro atoms. The number of anilines is 4. The average molecular weight is 606 g/mol. The maximum atomic E-state index is 13.9. The van der Waals surface area contributed by atoms with E-state index < -0.39 is 17.8 Å². The first-order valence-electron chi connectivity index (χ1n) is 13.7. The summed E-state index contributed by atoms with van der Waals surface area (Å²) in [4.78, 5) is 40.7. The van der Waals surface area contributed by atoms with E-state index in [0.29, 0.717) is 56.3 Å². The van der Waals surface area contributed by atoms with Crippen molar-refractivity contribution in [2.24, 2.45) is 0 Å². The summed E-state index contributed by atoms with van der Waals surface area (Å²) in [5.41, 5.74) is 1.09. The first-order chi connectivity index (χ1) is 21.2. The van der Waals surface area contributed by atoms with Crippen molar-refractivity contribution in [1.82, 2.24) is 15.0 Å². The van der Waals surface area contributed by atoms with Gasteiger partial charge in [0, 0.05) is 55.2 Å². The quantitative estimate of drug-likeness (QED) is 0.301. The number of carbonyl (C=O) groups is 2. The molecule has 11 nitrogen and oxygen atoms in total. The zero-order chi connectivity index (χ0) is 30.7. The molecule has 44 heavy (non-hydrogen) atoms. The number of amides is 3. The fourth-order valence-corrected chi connectivity index (χ4v) is 5.03. The summed E-state index contributed by atoms with van der Waals surface area (Å²) in [6.07, 6.45) is 0.170. The maximum Gasteiger partial charge on any atom is 0.418 e. The van der Waals surface area contributed by atoms with Gasteiger partial charge in [0.25, 0.3) is 5.91 Å². The molecule has 0 atom stereocenters. The number of halogens is 3. The molecule has 0 radical (unpaired) electrons. The van der Waals surface area contributed by atoms with Crippen molar-refractivity contribution in [1.29, 1.82) is 0 Å². The molecule has 2 aromatic heterocycles. The minimum atomic E-state index is -4.60. The highest BCUT2D eigenvalue weighted by molar-refractivity contribution is 6.04. The van der Waals surface area contributed by atoms with Crippen molar-refractivity contribution >= 4 is 34.8 Å². The Bertz CT molecular complexity index is 1680. The fraction of sp³-hybridized carbons (Fsp3) is 0.233. The number of rotatable bonds is 6. The number of fused-ring (bicyclic) bond motifs is 1. The molecule has 2 aromatic carbocycles. The van der Waals surface area contributed by atoms with Crippen molar-refractivity contribution in [3.05, 3.63) is 90.0 Å². The summed E-state index contributed by atoms with van der Waals surface area (Å²) in [5.74, 6) is 0.485. The number of ether oxygens (including phenoxy) is 2. The highest BCUT2D eigenvalue weighted by atomic mass is 19.4. The predicted molar refractivity (Wildman–Crippen MR) is 155 cm³/mol. The molecule has 1 fully saturated rings. The summed E-state index contributed by atoms with van der Waals surface area (Å²) in [6, 6.07) is 13.1. The molecule has 0 bridgehead atoms. The van der Waals surface area contributed by atoms with E-state index >= 15 is 0 Å². The van der Waals surface area contributed by atoms with Crippen LogP contribution in [0.25, 0.3) is 0 Å². The minimum absolute atomic E-state index is 0.0444. The molecule has 0 saturated carbocycles. The van der Waals surface area contributed by atoms with Gasteiger partial charge >= 0.3 is 12.2 Å². The Morgan fingerprint density at radius 2 is 1.75 bits per heavy atom. The second-order valence-corrected chi connectivity index (χ2v) is 9.99. The van der Waals surface area contributed by atoms with Gasteiger partial charge in [-0.15, -0.1) is 0 Å². The van der Waals surface area contributed by atoms with E-state index in [4.69, 9.17) is 9.47 Å². The molecular weight excluding hydrogens is 579 g/mol. The van der Waals surface area contributed by atoms with Crippen LogP contribution in [-0.4, -0.2) is 59.7 Å². The molecule has 1 saturated heterocycles. The van der Waals surface area contributed by atoms with Gasteiger partial charge in [-0.3, -0.25) is 14.7 Å². The number of morpholine rings is 1. The van der Waals surface area contributed by atoms with Gasteiger partial charge in [0.2, 0.25) is 5.88 Å². The molecule has 6 rings (SSSR count). The van der Waals surface area contributed by atoms with Crippen LogP contribution < -0.4 is 25.2 Å². The average Bonchev–Trinajstić information content (AvgIpc) is 3.45. The summed E-state index contributed by atoms with van der Waals surface area (Å²) in [5, 5.41) is 5.28. The van der Waals surface area contributed by atoms with Gasteiger partial charge in [-0.1, -0.05) is 0 Å². The Balaban J connectivity index is 1.13. The number of nitrogens with zero attached hydrogens (tertiary/aromatic N) is 5. The Labute approximate surface area is 249 Å². The molecule has 4 heterocycles. The summed E-state index contributed by atoms with van der Waals surface area (Å²) >= 11 is 0. The van der Waals surface area contributed by atoms with E-state index in [2.05, 4.69) is 25.6 Å². The highest BCUT2D eigenvalue weighted by Gasteiger charge is 2.36. The second kappa shape index (κ2) is 12.2. The molecule has 4 aromatic rings. The molecule has 3 amide bonds. The number of pyridine rings is 1. The molecule has 0 unspecified atom stereocenters. The predicted octanol–water partition coefficient (Wildman–Crippen LogP) is 5.37. The lowest BCUT2D eigenvalue weighted by Gasteiger charge is -2.31. The van der Waals surface area contributed by atoms with Crippen molar-refractivity contribution in [2.75, 3.05) is 53.3 Å². The Morgan fingerprint density at radius 1 is 0.932 bits per heavy atom. The van der Waals surface area contributed by atoms with Gasteiger partial charge in [-0.25, -0.2) is 14.8 Å². The van der Waals surface area contributed by atoms with E-state index in [1.54, 1.807) is 41.4 Å². The van der Waals surface area contributed by atoms with Gasteiger partial charge < -0.3 is 25.0 Å². The lowest BCUT2D eigenvalue weighted by Crippen LogP contribution is -2.37. The van der Waals surface area contributed by atoms with Gasteiger partial charge in [0.05, 0.1) is 24.3 Å².